The first kappa shape index (κ1) is 28.9. The minimum Gasteiger partial charge on any atom is -0.478 e. The van der Waals surface area contributed by atoms with Crippen LogP contribution >= 0.6 is 0 Å². The summed E-state index contributed by atoms with van der Waals surface area (Å²) in [6.07, 6.45) is 0.578. The fourth-order valence-electron chi connectivity index (χ4n) is 5.60. The normalized spacial score (nSPS) is 12.5. The molecule has 222 valence electrons. The standard InChI is InChI=1S/C36H32FN3O4/c1-3-39(4-2)36(42)44-33-28-16-11-21-38-31(28)34(43-32(25-12-7-5-8-13-25)26-14-9-6-10-15-26)30-29(33)23-40(35(30)41)22-24-17-19-27(37)20-18-24/h5-21,32H,3-4,22-23H2,1-2H3. The number of halogens is 1. The van der Waals surface area contributed by atoms with Crippen LogP contribution in [0.3, 0.4) is 0 Å². The van der Waals surface area contributed by atoms with Gasteiger partial charge in [0.15, 0.2) is 5.75 Å². The number of pyridine rings is 1. The summed E-state index contributed by atoms with van der Waals surface area (Å²) >= 11 is 0. The van der Waals surface area contributed by atoms with E-state index in [9.17, 15) is 14.0 Å². The first-order chi connectivity index (χ1) is 21.5. The topological polar surface area (TPSA) is 72.0 Å². The number of benzene rings is 4. The molecule has 0 unspecified atom stereocenters. The first-order valence-electron chi connectivity index (χ1n) is 14.7. The average Bonchev–Trinajstić information content (AvgIpc) is 3.38. The molecule has 7 nitrogen and oxygen atoms in total. The lowest BCUT2D eigenvalue weighted by Crippen LogP contribution is -2.33. The molecular weight excluding hydrogens is 557 g/mol. The second-order valence-corrected chi connectivity index (χ2v) is 10.6. The van der Waals surface area contributed by atoms with E-state index in [1.807, 2.05) is 80.6 Å². The number of carbonyl (C=O) groups excluding carboxylic acids is 2. The molecule has 0 saturated carbocycles. The maximum absolute atomic E-state index is 14.3. The molecule has 0 fully saturated rings. The van der Waals surface area contributed by atoms with Gasteiger partial charge in [0.2, 0.25) is 0 Å². The molecule has 1 aromatic heterocycles. The zero-order chi connectivity index (χ0) is 30.6. The van der Waals surface area contributed by atoms with Crippen molar-refractivity contribution in [3.8, 4) is 11.5 Å². The minimum atomic E-state index is -0.547. The molecule has 1 aliphatic heterocycles. The summed E-state index contributed by atoms with van der Waals surface area (Å²) in [4.78, 5) is 35.4. The molecule has 0 bridgehead atoms. The van der Waals surface area contributed by atoms with Gasteiger partial charge >= 0.3 is 6.09 Å². The van der Waals surface area contributed by atoms with Gasteiger partial charge in [-0.3, -0.25) is 9.78 Å². The highest BCUT2D eigenvalue weighted by atomic mass is 19.1. The van der Waals surface area contributed by atoms with Crippen LogP contribution in [-0.2, 0) is 13.1 Å². The zero-order valence-corrected chi connectivity index (χ0v) is 24.6. The van der Waals surface area contributed by atoms with Gasteiger partial charge in [0, 0.05) is 36.8 Å². The number of amides is 2. The summed E-state index contributed by atoms with van der Waals surface area (Å²) < 4.78 is 26.6. The molecule has 1 aliphatic rings. The highest BCUT2D eigenvalue weighted by molar-refractivity contribution is 6.09. The maximum Gasteiger partial charge on any atom is 0.415 e. The average molecular weight is 590 g/mol. The van der Waals surface area contributed by atoms with Crippen LogP contribution in [0.15, 0.2) is 103 Å². The van der Waals surface area contributed by atoms with E-state index >= 15 is 0 Å². The summed E-state index contributed by atoms with van der Waals surface area (Å²) in [6.45, 7) is 5.12. The Morgan fingerprint density at radius 2 is 1.52 bits per heavy atom. The summed E-state index contributed by atoms with van der Waals surface area (Å²) in [7, 11) is 0. The molecule has 0 saturated heterocycles. The highest BCUT2D eigenvalue weighted by Crippen LogP contribution is 2.46. The largest absolute Gasteiger partial charge is 0.478 e. The summed E-state index contributed by atoms with van der Waals surface area (Å²) in [5, 5.41) is 0.568. The van der Waals surface area contributed by atoms with Gasteiger partial charge in [-0.05, 0) is 54.8 Å². The van der Waals surface area contributed by atoms with Crippen molar-refractivity contribution >= 4 is 22.9 Å². The van der Waals surface area contributed by atoms with E-state index in [4.69, 9.17) is 9.47 Å². The smallest absolute Gasteiger partial charge is 0.415 e. The van der Waals surface area contributed by atoms with Crippen LogP contribution in [0.5, 0.6) is 11.5 Å². The second-order valence-electron chi connectivity index (χ2n) is 10.6. The van der Waals surface area contributed by atoms with Gasteiger partial charge in [0.1, 0.15) is 23.2 Å². The lowest BCUT2D eigenvalue weighted by Gasteiger charge is -2.24. The molecule has 0 atom stereocenters. The molecule has 0 N–H and O–H groups in total. The van der Waals surface area contributed by atoms with Crippen LogP contribution in [0.25, 0.3) is 10.9 Å². The summed E-state index contributed by atoms with van der Waals surface area (Å²) in [5.41, 5.74) is 3.85. The molecule has 6 rings (SSSR count). The Hall–Kier alpha value is -5.24. The predicted octanol–water partition coefficient (Wildman–Crippen LogP) is 7.54. The Kier molecular flexibility index (Phi) is 8.23. The van der Waals surface area contributed by atoms with E-state index in [1.54, 1.807) is 34.2 Å². The van der Waals surface area contributed by atoms with Gasteiger partial charge in [-0.1, -0.05) is 72.8 Å². The number of hydrogen-bond acceptors (Lipinski definition) is 5. The molecule has 5 aromatic rings. The third-order valence-electron chi connectivity index (χ3n) is 7.86. The first-order valence-corrected chi connectivity index (χ1v) is 14.7. The van der Waals surface area contributed by atoms with Crippen molar-refractivity contribution in [1.29, 1.82) is 0 Å². The van der Waals surface area contributed by atoms with E-state index in [2.05, 4.69) is 4.98 Å². The van der Waals surface area contributed by atoms with Crippen LogP contribution < -0.4 is 9.47 Å². The van der Waals surface area contributed by atoms with Crippen molar-refractivity contribution in [2.45, 2.75) is 33.0 Å². The molecule has 0 radical (unpaired) electrons. The number of hydrogen-bond donors (Lipinski definition) is 0. The Labute approximate surface area is 255 Å². The minimum absolute atomic E-state index is 0.176. The second kappa shape index (κ2) is 12.6. The Morgan fingerprint density at radius 1 is 0.886 bits per heavy atom. The molecule has 2 heterocycles. The zero-order valence-electron chi connectivity index (χ0n) is 24.6. The lowest BCUT2D eigenvalue weighted by molar-refractivity contribution is 0.0762. The van der Waals surface area contributed by atoms with Gasteiger partial charge in [-0.25, -0.2) is 9.18 Å². The summed E-state index contributed by atoms with van der Waals surface area (Å²) in [5.74, 6) is -0.0241. The molecule has 8 heteroatoms. The monoisotopic (exact) mass is 589 g/mol. The Morgan fingerprint density at radius 3 is 2.14 bits per heavy atom. The van der Waals surface area contributed by atoms with E-state index in [0.717, 1.165) is 16.7 Å². The number of ether oxygens (including phenoxy) is 2. The van der Waals surface area contributed by atoms with E-state index in [0.29, 0.717) is 46.6 Å². The van der Waals surface area contributed by atoms with E-state index < -0.39 is 12.2 Å². The van der Waals surface area contributed by atoms with Crippen molar-refractivity contribution in [2.24, 2.45) is 0 Å². The third-order valence-corrected chi connectivity index (χ3v) is 7.86. The number of fused-ring (bicyclic) bond motifs is 2. The van der Waals surface area contributed by atoms with E-state index in [-0.39, 0.29) is 24.8 Å². The summed E-state index contributed by atoms with van der Waals surface area (Å²) in [6, 6.07) is 29.2. The maximum atomic E-state index is 14.3. The lowest BCUT2D eigenvalue weighted by atomic mass is 9.99. The van der Waals surface area contributed by atoms with E-state index in [1.165, 1.54) is 12.1 Å². The Bertz CT molecular complexity index is 1750. The van der Waals surface area contributed by atoms with Crippen molar-refractivity contribution < 1.29 is 23.5 Å². The van der Waals surface area contributed by atoms with Crippen molar-refractivity contribution in [2.75, 3.05) is 13.1 Å². The fraction of sp³-hybridized carbons (Fsp3) is 0.194. The fourth-order valence-corrected chi connectivity index (χ4v) is 5.60. The van der Waals surface area contributed by atoms with Crippen LogP contribution in [0, 0.1) is 5.82 Å². The SMILES string of the molecule is CCN(CC)C(=O)Oc1c2c(c(OC(c3ccccc3)c3ccccc3)c3ncccc13)C(=O)N(Cc1ccc(F)cc1)C2. The predicted molar refractivity (Wildman–Crippen MR) is 166 cm³/mol. The van der Waals surface area contributed by atoms with Gasteiger partial charge in [-0.2, -0.15) is 0 Å². The van der Waals surface area contributed by atoms with Crippen LogP contribution in [0.1, 0.15) is 52.6 Å². The van der Waals surface area contributed by atoms with Crippen LogP contribution in [0.2, 0.25) is 0 Å². The molecule has 0 spiro atoms. The molecule has 0 aliphatic carbocycles. The quantitative estimate of drug-likeness (QED) is 0.178. The van der Waals surface area contributed by atoms with Crippen molar-refractivity contribution in [1.82, 2.24) is 14.8 Å². The van der Waals surface area contributed by atoms with Gasteiger partial charge < -0.3 is 19.3 Å². The number of nitrogens with zero attached hydrogens (tertiary/aromatic N) is 3. The number of rotatable bonds is 9. The van der Waals surface area contributed by atoms with Crippen molar-refractivity contribution in [3.63, 3.8) is 0 Å². The van der Waals surface area contributed by atoms with Gasteiger partial charge in [-0.15, -0.1) is 0 Å². The van der Waals surface area contributed by atoms with Crippen molar-refractivity contribution in [3.05, 3.63) is 137 Å². The highest BCUT2D eigenvalue weighted by Gasteiger charge is 2.38. The van der Waals surface area contributed by atoms with Crippen LogP contribution in [0.4, 0.5) is 9.18 Å². The molecular formula is C36H32FN3O4. The van der Waals surface area contributed by atoms with Gasteiger partial charge in [0.05, 0.1) is 12.1 Å². The van der Waals surface area contributed by atoms with Gasteiger partial charge in [0.25, 0.3) is 5.91 Å². The molecule has 4 aromatic carbocycles. The molecule has 2 amide bonds. The molecule has 44 heavy (non-hydrogen) atoms. The Balaban J connectivity index is 1.52. The third kappa shape index (κ3) is 5.58. The van der Waals surface area contributed by atoms with Crippen LogP contribution in [-0.4, -0.2) is 39.9 Å². The number of carbonyl (C=O) groups is 2. The number of aromatic nitrogens is 1.